The van der Waals surface area contributed by atoms with Gasteiger partial charge >= 0.3 is 0 Å². The first-order valence-corrected chi connectivity index (χ1v) is 8.77. The van der Waals surface area contributed by atoms with E-state index in [4.69, 9.17) is 0 Å². The third kappa shape index (κ3) is 1.23. The van der Waals surface area contributed by atoms with E-state index in [1.165, 1.54) is 0 Å². The second-order valence-corrected chi connectivity index (χ2v) is 8.96. The van der Waals surface area contributed by atoms with Gasteiger partial charge < -0.3 is 0 Å². The Kier molecular flexibility index (Phi) is 2.01. The van der Waals surface area contributed by atoms with Gasteiger partial charge in [-0.3, -0.25) is 0 Å². The molecule has 0 atom stereocenters. The molecule has 7 saturated carbocycles. The van der Waals surface area contributed by atoms with Gasteiger partial charge in [0.05, 0.1) is 0 Å². The van der Waals surface area contributed by atoms with Crippen molar-refractivity contribution in [2.24, 2.45) is 34.5 Å². The molecule has 0 nitrogen and oxygen atoms in total. The number of rotatable bonds is 1. The lowest BCUT2D eigenvalue weighted by molar-refractivity contribution is -0.166. The predicted molar refractivity (Wildman–Crippen MR) is 74.2 cm³/mol. The van der Waals surface area contributed by atoms with Crippen LogP contribution in [0.1, 0.15) is 77.0 Å². The van der Waals surface area contributed by atoms with Crippen molar-refractivity contribution in [3.63, 3.8) is 0 Å². The highest BCUT2D eigenvalue weighted by molar-refractivity contribution is 5.11. The molecule has 0 heteroatoms. The standard InChI is InChI=1S/C18H28/c1-4-17(5-2-13(1)3-6-17)18-10-14-7-15(11-18)9-16(8-14)12-18/h13-16H,1-12H2. The van der Waals surface area contributed by atoms with Crippen LogP contribution < -0.4 is 0 Å². The molecular weight excluding hydrogens is 216 g/mol. The monoisotopic (exact) mass is 244 g/mol. The molecule has 0 aliphatic heterocycles. The molecule has 7 fully saturated rings. The van der Waals surface area contributed by atoms with E-state index < -0.39 is 0 Å². The molecule has 0 aromatic carbocycles. The Bertz CT molecular complexity index is 309. The lowest BCUT2D eigenvalue weighted by atomic mass is 9.38. The quantitative estimate of drug-likeness (QED) is 0.596. The molecule has 0 saturated heterocycles. The van der Waals surface area contributed by atoms with Crippen LogP contribution in [-0.2, 0) is 0 Å². The van der Waals surface area contributed by atoms with E-state index in [-0.39, 0.29) is 0 Å². The van der Waals surface area contributed by atoms with Gasteiger partial charge in [0.25, 0.3) is 0 Å². The first-order chi connectivity index (χ1) is 8.77. The summed E-state index contributed by atoms with van der Waals surface area (Å²) in [5.41, 5.74) is 1.70. The van der Waals surface area contributed by atoms with Crippen LogP contribution in [0.15, 0.2) is 0 Å². The maximum Gasteiger partial charge on any atom is -0.0233 e. The normalized spacial score (nSPS) is 61.3. The first-order valence-electron chi connectivity index (χ1n) is 8.77. The summed E-state index contributed by atoms with van der Waals surface area (Å²) in [6.45, 7) is 0. The van der Waals surface area contributed by atoms with Crippen molar-refractivity contribution in [3.8, 4) is 0 Å². The van der Waals surface area contributed by atoms with Gasteiger partial charge in [-0.05, 0) is 112 Å². The molecule has 0 radical (unpaired) electrons. The van der Waals surface area contributed by atoms with Gasteiger partial charge in [0.2, 0.25) is 0 Å². The molecule has 0 aromatic rings. The van der Waals surface area contributed by atoms with Crippen LogP contribution in [0.2, 0.25) is 0 Å². The van der Waals surface area contributed by atoms with Crippen LogP contribution in [0.4, 0.5) is 0 Å². The summed E-state index contributed by atoms with van der Waals surface area (Å²) in [7, 11) is 0. The molecule has 0 amide bonds. The van der Waals surface area contributed by atoms with Crippen LogP contribution in [0.3, 0.4) is 0 Å². The number of fused-ring (bicyclic) bond motifs is 3. The zero-order valence-corrected chi connectivity index (χ0v) is 11.8. The van der Waals surface area contributed by atoms with E-state index >= 15 is 0 Å². The van der Waals surface area contributed by atoms with Gasteiger partial charge in [0.1, 0.15) is 0 Å². The third-order valence-corrected chi connectivity index (χ3v) is 8.26. The van der Waals surface area contributed by atoms with Crippen LogP contribution in [0.5, 0.6) is 0 Å². The molecule has 0 spiro atoms. The van der Waals surface area contributed by atoms with Crippen molar-refractivity contribution < 1.29 is 0 Å². The van der Waals surface area contributed by atoms with Crippen LogP contribution in [0, 0.1) is 34.5 Å². The van der Waals surface area contributed by atoms with Crippen molar-refractivity contribution in [1.82, 2.24) is 0 Å². The summed E-state index contributed by atoms with van der Waals surface area (Å²) in [6, 6.07) is 0. The van der Waals surface area contributed by atoms with E-state index in [1.54, 1.807) is 77.0 Å². The molecule has 0 N–H and O–H groups in total. The third-order valence-electron chi connectivity index (χ3n) is 8.26. The second-order valence-electron chi connectivity index (χ2n) is 8.96. The maximum absolute atomic E-state index is 1.66. The van der Waals surface area contributed by atoms with Crippen molar-refractivity contribution >= 4 is 0 Å². The Morgan fingerprint density at radius 1 is 0.500 bits per heavy atom. The van der Waals surface area contributed by atoms with Gasteiger partial charge in [-0.1, -0.05) is 0 Å². The van der Waals surface area contributed by atoms with E-state index in [1.807, 2.05) is 0 Å². The topological polar surface area (TPSA) is 0 Å². The van der Waals surface area contributed by atoms with E-state index in [0.29, 0.717) is 0 Å². The molecule has 7 aliphatic carbocycles. The average Bonchev–Trinajstić information content (AvgIpc) is 2.39. The highest BCUT2D eigenvalue weighted by Gasteiger charge is 2.61. The molecule has 7 rings (SSSR count). The van der Waals surface area contributed by atoms with Crippen molar-refractivity contribution in [2.75, 3.05) is 0 Å². The SMILES string of the molecule is C1CC2(C34CC5CC(CC(C5)C3)C4)CCC1CC2. The molecular formula is C18H28. The van der Waals surface area contributed by atoms with Crippen LogP contribution >= 0.6 is 0 Å². The van der Waals surface area contributed by atoms with Crippen LogP contribution in [0.25, 0.3) is 0 Å². The predicted octanol–water partition coefficient (Wildman–Crippen LogP) is 5.17. The van der Waals surface area contributed by atoms with Crippen molar-refractivity contribution in [3.05, 3.63) is 0 Å². The Balaban J connectivity index is 1.54. The molecule has 18 heavy (non-hydrogen) atoms. The van der Waals surface area contributed by atoms with Gasteiger partial charge in [-0.2, -0.15) is 0 Å². The lowest BCUT2D eigenvalue weighted by Gasteiger charge is -2.67. The minimum atomic E-state index is 0.845. The fourth-order valence-corrected chi connectivity index (χ4v) is 7.80. The highest BCUT2D eigenvalue weighted by Crippen LogP contribution is 2.71. The Hall–Kier alpha value is 0. The summed E-state index contributed by atoms with van der Waals surface area (Å²) in [5.74, 6) is 4.61. The number of hydrogen-bond donors (Lipinski definition) is 0. The summed E-state index contributed by atoms with van der Waals surface area (Å²) in [5, 5.41) is 0. The smallest absolute Gasteiger partial charge is 0.0233 e. The highest BCUT2D eigenvalue weighted by atomic mass is 14.7. The van der Waals surface area contributed by atoms with Gasteiger partial charge in [-0.25, -0.2) is 0 Å². The maximum atomic E-state index is 1.66. The van der Waals surface area contributed by atoms with Gasteiger partial charge in [0.15, 0.2) is 0 Å². The van der Waals surface area contributed by atoms with Gasteiger partial charge in [-0.15, -0.1) is 0 Å². The van der Waals surface area contributed by atoms with Crippen molar-refractivity contribution in [1.29, 1.82) is 0 Å². The lowest BCUT2D eigenvalue weighted by Crippen LogP contribution is -2.57. The second kappa shape index (κ2) is 3.36. The van der Waals surface area contributed by atoms with Crippen LogP contribution in [-0.4, -0.2) is 0 Å². The Morgan fingerprint density at radius 3 is 1.39 bits per heavy atom. The fourth-order valence-electron chi connectivity index (χ4n) is 7.80. The molecule has 6 bridgehead atoms. The summed E-state index contributed by atoms with van der Waals surface area (Å²) in [6.07, 6.45) is 19.5. The molecule has 0 unspecified atom stereocenters. The molecule has 0 heterocycles. The first kappa shape index (κ1) is 10.7. The fraction of sp³-hybridized carbons (Fsp3) is 1.00. The van der Waals surface area contributed by atoms with E-state index in [2.05, 4.69) is 0 Å². The van der Waals surface area contributed by atoms with E-state index in [9.17, 15) is 0 Å². The zero-order chi connectivity index (χ0) is 11.8. The largest absolute Gasteiger partial charge is 0.0499 e. The average molecular weight is 244 g/mol. The molecule has 0 aromatic heterocycles. The summed E-state index contributed by atoms with van der Waals surface area (Å²) >= 11 is 0. The van der Waals surface area contributed by atoms with Crippen molar-refractivity contribution in [2.45, 2.75) is 77.0 Å². The van der Waals surface area contributed by atoms with E-state index in [0.717, 1.165) is 34.5 Å². The summed E-state index contributed by atoms with van der Waals surface area (Å²) in [4.78, 5) is 0. The zero-order valence-electron chi connectivity index (χ0n) is 11.8. The molecule has 100 valence electrons. The minimum absolute atomic E-state index is 0.845. The Labute approximate surface area is 112 Å². The number of hydrogen-bond acceptors (Lipinski definition) is 0. The minimum Gasteiger partial charge on any atom is -0.0499 e. The summed E-state index contributed by atoms with van der Waals surface area (Å²) < 4.78 is 0. The Morgan fingerprint density at radius 2 is 0.944 bits per heavy atom. The molecule has 7 aliphatic rings. The van der Waals surface area contributed by atoms with Gasteiger partial charge in [0, 0.05) is 0 Å².